The van der Waals surface area contributed by atoms with Crippen LogP contribution in [0.15, 0.2) is 83.0 Å². The Kier molecular flexibility index (Phi) is 9.31. The predicted octanol–water partition coefficient (Wildman–Crippen LogP) is 6.83. The zero-order valence-corrected chi connectivity index (χ0v) is 20.5. The van der Waals surface area contributed by atoms with Crippen molar-refractivity contribution < 1.29 is 9.90 Å². The third kappa shape index (κ3) is 8.03. The summed E-state index contributed by atoms with van der Waals surface area (Å²) in [4.78, 5) is 12.1. The van der Waals surface area contributed by atoms with Gasteiger partial charge in [-0.3, -0.25) is 4.79 Å². The maximum Gasteiger partial charge on any atom is 0.244 e. The fourth-order valence-electron chi connectivity index (χ4n) is 4.05. The van der Waals surface area contributed by atoms with Crippen molar-refractivity contribution in [2.24, 2.45) is 11.3 Å². The molecular weight excluding hydrogens is 394 g/mol. The Balaban J connectivity index is 1.88. The first-order chi connectivity index (χ1) is 15.1. The fraction of sp³-hybridized carbons (Fsp3) is 0.414. The van der Waals surface area contributed by atoms with Gasteiger partial charge in [-0.25, -0.2) is 0 Å². The number of allylic oxidation sites excluding steroid dienone is 9. The molecule has 0 heterocycles. The number of hydrogen-bond acceptors (Lipinski definition) is 2. The first-order valence-electron chi connectivity index (χ1n) is 11.6. The molecule has 172 valence electrons. The van der Waals surface area contributed by atoms with Crippen molar-refractivity contribution in [3.05, 3.63) is 88.6 Å². The molecule has 1 aromatic rings. The van der Waals surface area contributed by atoms with Crippen molar-refractivity contribution in [1.29, 1.82) is 0 Å². The van der Waals surface area contributed by atoms with Crippen LogP contribution in [-0.4, -0.2) is 17.6 Å². The highest BCUT2D eigenvalue weighted by molar-refractivity contribution is 5.88. The Bertz CT molecular complexity index is 957. The molecule has 0 bridgehead atoms. The second-order valence-corrected chi connectivity index (χ2v) is 9.62. The van der Waals surface area contributed by atoms with Gasteiger partial charge in [0.15, 0.2) is 0 Å². The molecule has 0 aromatic heterocycles. The van der Waals surface area contributed by atoms with E-state index in [2.05, 4.69) is 58.2 Å². The molecule has 1 aliphatic carbocycles. The number of phenolic OH excluding ortho intramolecular Hbond substituents is 1. The molecule has 3 heteroatoms. The zero-order chi connectivity index (χ0) is 23.7. The van der Waals surface area contributed by atoms with E-state index in [1.54, 1.807) is 24.3 Å². The van der Waals surface area contributed by atoms with Gasteiger partial charge in [0.1, 0.15) is 5.75 Å². The summed E-state index contributed by atoms with van der Waals surface area (Å²) < 4.78 is 0. The average molecular weight is 434 g/mol. The smallest absolute Gasteiger partial charge is 0.244 e. The summed E-state index contributed by atoms with van der Waals surface area (Å²) in [7, 11) is 0. The molecule has 2 N–H and O–H groups in total. The van der Waals surface area contributed by atoms with Crippen LogP contribution in [0.25, 0.3) is 0 Å². The van der Waals surface area contributed by atoms with E-state index in [4.69, 9.17) is 0 Å². The van der Waals surface area contributed by atoms with Crippen LogP contribution >= 0.6 is 0 Å². The highest BCUT2D eigenvalue weighted by Gasteiger charge is 2.29. The van der Waals surface area contributed by atoms with E-state index in [0.29, 0.717) is 18.9 Å². The first-order valence-corrected chi connectivity index (χ1v) is 11.6. The standard InChI is InChI=1S/C29H39NO2/c1-21(13-14-27-24(4)23(3)15-17-29(27,5)6)9-7-10-22(2)19-28(32)30-18-16-25-11-8-12-26(31)20-25/h7-14,19-20,23,31H,15-18H2,1-6H3,(H,30,32)/b10-7+,14-13+,21-9+,22-19-. The number of carbonyl (C=O) groups is 1. The summed E-state index contributed by atoms with van der Waals surface area (Å²) in [6.45, 7) is 13.8. The largest absolute Gasteiger partial charge is 0.508 e. The van der Waals surface area contributed by atoms with Gasteiger partial charge in [0.05, 0.1) is 0 Å². The Morgan fingerprint density at radius 1 is 1.22 bits per heavy atom. The van der Waals surface area contributed by atoms with Crippen LogP contribution < -0.4 is 5.32 Å². The van der Waals surface area contributed by atoms with Crippen molar-refractivity contribution >= 4 is 5.91 Å². The van der Waals surface area contributed by atoms with Crippen molar-refractivity contribution in [1.82, 2.24) is 5.32 Å². The van der Waals surface area contributed by atoms with Crippen molar-refractivity contribution in [3.8, 4) is 5.75 Å². The molecular formula is C29H39NO2. The highest BCUT2D eigenvalue weighted by Crippen LogP contribution is 2.43. The van der Waals surface area contributed by atoms with Crippen LogP contribution in [0.3, 0.4) is 0 Å². The molecule has 0 fully saturated rings. The Morgan fingerprint density at radius 2 is 1.97 bits per heavy atom. The lowest BCUT2D eigenvalue weighted by atomic mass is 9.69. The second-order valence-electron chi connectivity index (χ2n) is 9.62. The maximum atomic E-state index is 12.1. The van der Waals surface area contributed by atoms with Crippen molar-refractivity contribution in [2.75, 3.05) is 6.54 Å². The molecule has 1 aromatic carbocycles. The number of hydrogen-bond donors (Lipinski definition) is 2. The minimum absolute atomic E-state index is 0.107. The molecule has 1 atom stereocenters. The van der Waals surface area contributed by atoms with Crippen LogP contribution in [0, 0.1) is 11.3 Å². The van der Waals surface area contributed by atoms with Gasteiger partial charge >= 0.3 is 0 Å². The monoisotopic (exact) mass is 433 g/mol. The van der Waals surface area contributed by atoms with Crippen LogP contribution in [0.5, 0.6) is 5.75 Å². The molecule has 0 saturated heterocycles. The zero-order valence-electron chi connectivity index (χ0n) is 20.5. The maximum absolute atomic E-state index is 12.1. The first kappa shape index (κ1) is 25.5. The van der Waals surface area contributed by atoms with E-state index >= 15 is 0 Å². The third-order valence-corrected chi connectivity index (χ3v) is 6.31. The minimum Gasteiger partial charge on any atom is -0.508 e. The predicted molar refractivity (Wildman–Crippen MR) is 135 cm³/mol. The lowest BCUT2D eigenvalue weighted by Gasteiger charge is -2.36. The number of nitrogens with one attached hydrogen (secondary N) is 1. The molecule has 3 nitrogen and oxygen atoms in total. The molecule has 1 aliphatic rings. The summed E-state index contributed by atoms with van der Waals surface area (Å²) in [6, 6.07) is 7.10. The summed E-state index contributed by atoms with van der Waals surface area (Å²) in [5, 5.41) is 12.4. The molecule has 1 unspecified atom stereocenters. The molecule has 1 amide bonds. The molecule has 0 saturated carbocycles. The summed E-state index contributed by atoms with van der Waals surface area (Å²) in [5.41, 5.74) is 6.28. The van der Waals surface area contributed by atoms with Gasteiger partial charge in [-0.05, 0) is 80.2 Å². The molecule has 32 heavy (non-hydrogen) atoms. The molecule has 0 spiro atoms. The number of rotatable bonds is 8. The minimum atomic E-state index is -0.107. The molecule has 0 radical (unpaired) electrons. The van der Waals surface area contributed by atoms with E-state index < -0.39 is 0 Å². The van der Waals surface area contributed by atoms with Crippen LogP contribution in [0.4, 0.5) is 0 Å². The lowest BCUT2D eigenvalue weighted by Crippen LogP contribution is -2.23. The van der Waals surface area contributed by atoms with Crippen LogP contribution in [-0.2, 0) is 11.2 Å². The molecule has 0 aliphatic heterocycles. The van der Waals surface area contributed by atoms with E-state index in [1.807, 2.05) is 25.1 Å². The van der Waals surface area contributed by atoms with Crippen LogP contribution in [0.2, 0.25) is 0 Å². The number of carbonyl (C=O) groups excluding carboxylic acids is 1. The topological polar surface area (TPSA) is 49.3 Å². The van der Waals surface area contributed by atoms with E-state index in [1.165, 1.54) is 29.6 Å². The normalized spacial score (nSPS) is 19.8. The van der Waals surface area contributed by atoms with Crippen LogP contribution in [0.1, 0.15) is 59.9 Å². The second kappa shape index (κ2) is 11.7. The molecule has 2 rings (SSSR count). The van der Waals surface area contributed by atoms with E-state index in [0.717, 1.165) is 11.1 Å². The fourth-order valence-corrected chi connectivity index (χ4v) is 4.05. The van der Waals surface area contributed by atoms with E-state index in [9.17, 15) is 9.90 Å². The van der Waals surface area contributed by atoms with Gasteiger partial charge in [0.2, 0.25) is 5.91 Å². The van der Waals surface area contributed by atoms with Crippen molar-refractivity contribution in [3.63, 3.8) is 0 Å². The Labute approximate surface area is 194 Å². The SMILES string of the molecule is CC1=C(/C=C/C(C)=C/C=C/C(C)=C\C(=O)NCCc2cccc(O)c2)C(C)(C)CCC1C. The third-order valence-electron chi connectivity index (χ3n) is 6.31. The average Bonchev–Trinajstić information content (AvgIpc) is 2.71. The Hall–Kier alpha value is -2.81. The van der Waals surface area contributed by atoms with Gasteiger partial charge in [-0.15, -0.1) is 0 Å². The van der Waals surface area contributed by atoms with Gasteiger partial charge < -0.3 is 10.4 Å². The quantitative estimate of drug-likeness (QED) is 0.349. The summed E-state index contributed by atoms with van der Waals surface area (Å²) in [5.74, 6) is 0.798. The highest BCUT2D eigenvalue weighted by atomic mass is 16.3. The summed E-state index contributed by atoms with van der Waals surface area (Å²) >= 11 is 0. The van der Waals surface area contributed by atoms with E-state index in [-0.39, 0.29) is 17.1 Å². The van der Waals surface area contributed by atoms with Gasteiger partial charge in [-0.1, -0.05) is 74.4 Å². The van der Waals surface area contributed by atoms with Gasteiger partial charge in [0, 0.05) is 12.6 Å². The number of benzene rings is 1. The van der Waals surface area contributed by atoms with Crippen molar-refractivity contribution in [2.45, 2.75) is 60.8 Å². The number of phenols is 1. The van der Waals surface area contributed by atoms with Gasteiger partial charge in [0.25, 0.3) is 0 Å². The number of amides is 1. The lowest BCUT2D eigenvalue weighted by molar-refractivity contribution is -0.116. The number of aromatic hydroxyl groups is 1. The summed E-state index contributed by atoms with van der Waals surface area (Å²) in [6.07, 6.45) is 15.3. The Morgan fingerprint density at radius 3 is 2.69 bits per heavy atom. The van der Waals surface area contributed by atoms with Gasteiger partial charge in [-0.2, -0.15) is 0 Å².